The van der Waals surface area contributed by atoms with E-state index < -0.39 is 0 Å². The minimum absolute atomic E-state index is 0.765. The Morgan fingerprint density at radius 2 is 2.07 bits per heavy atom. The van der Waals surface area contributed by atoms with Gasteiger partial charge in [-0.2, -0.15) is 0 Å². The van der Waals surface area contributed by atoms with E-state index in [4.69, 9.17) is 9.40 Å². The molecule has 1 aromatic rings. The van der Waals surface area contributed by atoms with Crippen LogP contribution in [0.5, 0.6) is 0 Å². The molecule has 3 aliphatic rings. The lowest BCUT2D eigenvalue weighted by Crippen LogP contribution is -2.76. The summed E-state index contributed by atoms with van der Waals surface area (Å²) in [5.41, 5.74) is 6.72. The summed E-state index contributed by atoms with van der Waals surface area (Å²) in [6, 6.07) is 8.67. The van der Waals surface area contributed by atoms with Crippen molar-refractivity contribution in [1.82, 2.24) is 4.98 Å². The van der Waals surface area contributed by atoms with E-state index in [1.54, 1.807) is 0 Å². The summed E-state index contributed by atoms with van der Waals surface area (Å²) in [5.74, 6) is 1.61. The van der Waals surface area contributed by atoms with Crippen LogP contribution < -0.4 is 15.2 Å². The number of nitrogens with zero attached hydrogens (tertiary/aromatic N) is 2. The van der Waals surface area contributed by atoms with Crippen LogP contribution in [-0.2, 0) is 6.42 Å². The SMILES string of the molecule is CC[NH+]=c1cc2oc3cc4c(cc3nc-2cc1C)CCCN4CCCC(C)C. The molecule has 0 aromatic heterocycles. The average Bonchev–Trinajstić information content (AvgIpc) is 2.66. The van der Waals surface area contributed by atoms with Gasteiger partial charge < -0.3 is 9.32 Å². The molecule has 0 saturated heterocycles. The Hall–Kier alpha value is -2.36. The van der Waals surface area contributed by atoms with Gasteiger partial charge in [-0.15, -0.1) is 0 Å². The van der Waals surface area contributed by atoms with Crippen molar-refractivity contribution in [2.75, 3.05) is 24.5 Å². The van der Waals surface area contributed by atoms with Gasteiger partial charge in [0.15, 0.2) is 11.3 Å². The van der Waals surface area contributed by atoms with Gasteiger partial charge in [0.25, 0.3) is 0 Å². The highest BCUT2D eigenvalue weighted by molar-refractivity contribution is 5.82. The van der Waals surface area contributed by atoms with E-state index in [2.05, 4.69) is 61.9 Å². The number of hydrogen-bond acceptors (Lipinski definition) is 3. The lowest BCUT2D eigenvalue weighted by atomic mass is 9.99. The Kier molecular flexibility index (Phi) is 5.38. The normalized spacial score (nSPS) is 15.0. The van der Waals surface area contributed by atoms with E-state index in [1.165, 1.54) is 36.1 Å². The van der Waals surface area contributed by atoms with Crippen molar-refractivity contribution in [3.8, 4) is 11.5 Å². The zero-order chi connectivity index (χ0) is 19.7. The molecule has 1 aliphatic carbocycles. The standard InChI is InChI=1S/C24H31N3O/c1-5-25-19-14-23-20(12-17(19)4)26-21-13-18-9-7-11-27(10-6-8-16(2)3)22(18)15-24(21)28-23/h12-16H,5-11H2,1-4H3/p+1. The summed E-state index contributed by atoms with van der Waals surface area (Å²) >= 11 is 0. The maximum atomic E-state index is 6.32. The van der Waals surface area contributed by atoms with Gasteiger partial charge in [0.2, 0.25) is 5.36 Å². The third kappa shape index (κ3) is 3.78. The second-order valence-corrected chi connectivity index (χ2v) is 8.45. The summed E-state index contributed by atoms with van der Waals surface area (Å²) in [5, 5.41) is 1.12. The lowest BCUT2D eigenvalue weighted by molar-refractivity contribution is -0.496. The van der Waals surface area contributed by atoms with E-state index >= 15 is 0 Å². The van der Waals surface area contributed by atoms with Crippen LogP contribution in [0.3, 0.4) is 0 Å². The third-order valence-electron chi connectivity index (χ3n) is 5.72. The Morgan fingerprint density at radius 3 is 2.86 bits per heavy atom. The van der Waals surface area contributed by atoms with Crippen LogP contribution in [0.15, 0.2) is 28.7 Å². The molecule has 0 fully saturated rings. The highest BCUT2D eigenvalue weighted by Gasteiger charge is 2.20. The van der Waals surface area contributed by atoms with Gasteiger partial charge in [-0.05, 0) is 63.1 Å². The monoisotopic (exact) mass is 378 g/mol. The number of aromatic nitrogens is 1. The molecule has 0 bridgehead atoms. The molecular weight excluding hydrogens is 346 g/mol. The topological polar surface area (TPSA) is 43.2 Å². The lowest BCUT2D eigenvalue weighted by Gasteiger charge is -2.31. The number of nitrogens with one attached hydrogen (secondary N) is 1. The molecule has 28 heavy (non-hydrogen) atoms. The Labute approximate surface area is 167 Å². The van der Waals surface area contributed by atoms with Crippen LogP contribution in [0.4, 0.5) is 5.69 Å². The van der Waals surface area contributed by atoms with Crippen molar-refractivity contribution in [3.63, 3.8) is 0 Å². The first-order chi connectivity index (χ1) is 13.5. The summed E-state index contributed by atoms with van der Waals surface area (Å²) < 4.78 is 6.32. The minimum atomic E-state index is 0.765. The zero-order valence-electron chi connectivity index (χ0n) is 17.6. The fourth-order valence-electron chi connectivity index (χ4n) is 4.24. The maximum absolute atomic E-state index is 6.32. The van der Waals surface area contributed by atoms with Crippen LogP contribution in [-0.4, -0.2) is 24.6 Å². The van der Waals surface area contributed by atoms with Gasteiger partial charge in [0.1, 0.15) is 17.8 Å². The molecule has 0 saturated carbocycles. The predicted octanol–water partition coefficient (Wildman–Crippen LogP) is 3.43. The molecule has 0 unspecified atom stereocenters. The molecule has 0 radical (unpaired) electrons. The Balaban J connectivity index is 1.76. The van der Waals surface area contributed by atoms with Gasteiger partial charge in [-0.1, -0.05) is 13.8 Å². The largest absolute Gasteiger partial charge is 0.452 e. The number of benzene rings is 2. The van der Waals surface area contributed by atoms with E-state index in [0.717, 1.165) is 59.9 Å². The summed E-state index contributed by atoms with van der Waals surface area (Å²) in [4.78, 5) is 10.9. The molecule has 4 rings (SSSR count). The van der Waals surface area contributed by atoms with Crippen molar-refractivity contribution >= 4 is 16.8 Å². The molecular formula is C24H32N3O+. The number of aryl methyl sites for hydroxylation is 2. The summed E-state index contributed by atoms with van der Waals surface area (Å²) in [6.07, 6.45) is 4.87. The quantitative estimate of drug-likeness (QED) is 0.692. The van der Waals surface area contributed by atoms with Crippen LogP contribution in [0.1, 0.15) is 51.2 Å². The summed E-state index contributed by atoms with van der Waals surface area (Å²) in [7, 11) is 0. The van der Waals surface area contributed by atoms with E-state index in [0.29, 0.717) is 0 Å². The second kappa shape index (κ2) is 7.94. The van der Waals surface area contributed by atoms with E-state index in [9.17, 15) is 0 Å². The molecule has 1 aromatic carbocycles. The molecule has 0 amide bonds. The van der Waals surface area contributed by atoms with E-state index in [1.807, 2.05) is 0 Å². The van der Waals surface area contributed by atoms with E-state index in [-0.39, 0.29) is 0 Å². The van der Waals surface area contributed by atoms with Gasteiger partial charge >= 0.3 is 0 Å². The molecule has 148 valence electrons. The average molecular weight is 379 g/mol. The Bertz CT molecular complexity index is 1020. The molecule has 0 spiro atoms. The fourth-order valence-corrected chi connectivity index (χ4v) is 4.24. The van der Waals surface area contributed by atoms with Crippen molar-refractivity contribution in [1.29, 1.82) is 0 Å². The Morgan fingerprint density at radius 1 is 1.21 bits per heavy atom. The van der Waals surface area contributed by atoms with Crippen LogP contribution >= 0.6 is 0 Å². The smallest absolute Gasteiger partial charge is 0.205 e. The van der Waals surface area contributed by atoms with Gasteiger partial charge in [0.05, 0.1) is 6.07 Å². The van der Waals surface area contributed by atoms with Gasteiger partial charge in [-0.25, -0.2) is 9.98 Å². The van der Waals surface area contributed by atoms with Gasteiger partial charge in [0, 0.05) is 30.4 Å². The van der Waals surface area contributed by atoms with Crippen molar-refractivity contribution in [2.45, 2.75) is 53.4 Å². The molecule has 1 N–H and O–H groups in total. The minimum Gasteiger partial charge on any atom is -0.452 e. The molecule has 2 aliphatic heterocycles. The summed E-state index contributed by atoms with van der Waals surface area (Å²) in [6.45, 7) is 12.0. The van der Waals surface area contributed by atoms with Crippen molar-refractivity contribution in [3.05, 3.63) is 40.7 Å². The van der Waals surface area contributed by atoms with Crippen LogP contribution in [0.25, 0.3) is 22.6 Å². The number of rotatable bonds is 5. The maximum Gasteiger partial charge on any atom is 0.205 e. The van der Waals surface area contributed by atoms with Crippen molar-refractivity contribution in [2.24, 2.45) is 5.92 Å². The van der Waals surface area contributed by atoms with Crippen molar-refractivity contribution < 1.29 is 9.41 Å². The molecule has 0 atom stereocenters. The fraction of sp³-hybridized carbons (Fsp3) is 0.500. The highest BCUT2D eigenvalue weighted by atomic mass is 16.3. The predicted molar refractivity (Wildman–Crippen MR) is 115 cm³/mol. The molecule has 2 heterocycles. The first kappa shape index (κ1) is 19.0. The first-order valence-corrected chi connectivity index (χ1v) is 10.7. The zero-order valence-corrected chi connectivity index (χ0v) is 17.6. The number of anilines is 1. The molecule has 4 heteroatoms. The highest BCUT2D eigenvalue weighted by Crippen LogP contribution is 2.33. The third-order valence-corrected chi connectivity index (χ3v) is 5.72. The second-order valence-electron chi connectivity index (χ2n) is 8.45. The first-order valence-electron chi connectivity index (χ1n) is 10.7. The van der Waals surface area contributed by atoms with Gasteiger partial charge in [-0.3, -0.25) is 0 Å². The van der Waals surface area contributed by atoms with Crippen LogP contribution in [0.2, 0.25) is 0 Å². The molecule has 4 nitrogen and oxygen atoms in total. The van der Waals surface area contributed by atoms with Crippen LogP contribution in [0, 0.1) is 12.8 Å². The number of hydrogen-bond donors (Lipinski definition) is 1. The number of fused-ring (bicyclic) bond motifs is 3.